The van der Waals surface area contributed by atoms with Crippen LogP contribution < -0.4 is 10.1 Å². The van der Waals surface area contributed by atoms with Gasteiger partial charge in [0.15, 0.2) is 0 Å². The molecule has 1 aromatic carbocycles. The van der Waals surface area contributed by atoms with Gasteiger partial charge in [-0.1, -0.05) is 26.0 Å². The van der Waals surface area contributed by atoms with E-state index in [0.29, 0.717) is 6.04 Å². The van der Waals surface area contributed by atoms with E-state index in [1.807, 2.05) is 6.92 Å². The Morgan fingerprint density at radius 1 is 1.25 bits per heavy atom. The summed E-state index contributed by atoms with van der Waals surface area (Å²) in [7, 11) is 0. The Balaban J connectivity index is 2.93. The second-order valence-corrected chi connectivity index (χ2v) is 4.46. The van der Waals surface area contributed by atoms with Crippen LogP contribution in [0.3, 0.4) is 0 Å². The van der Waals surface area contributed by atoms with Crippen LogP contribution in [-0.4, -0.2) is 12.6 Å². The van der Waals surface area contributed by atoms with E-state index in [2.05, 4.69) is 45.1 Å². The zero-order valence-corrected chi connectivity index (χ0v) is 11.1. The summed E-state index contributed by atoms with van der Waals surface area (Å²) in [6, 6.07) is 4.81. The third kappa shape index (κ3) is 3.24. The van der Waals surface area contributed by atoms with Gasteiger partial charge < -0.3 is 10.1 Å². The van der Waals surface area contributed by atoms with Gasteiger partial charge in [-0.05, 0) is 31.9 Å². The van der Waals surface area contributed by atoms with Crippen molar-refractivity contribution in [3.63, 3.8) is 0 Å². The lowest BCUT2D eigenvalue weighted by molar-refractivity contribution is 0.332. The first-order valence-corrected chi connectivity index (χ1v) is 6.01. The van der Waals surface area contributed by atoms with Crippen molar-refractivity contribution in [2.24, 2.45) is 0 Å². The van der Waals surface area contributed by atoms with Gasteiger partial charge in [-0.25, -0.2) is 0 Å². The van der Waals surface area contributed by atoms with E-state index in [9.17, 15) is 0 Å². The van der Waals surface area contributed by atoms with Crippen molar-refractivity contribution in [1.82, 2.24) is 5.32 Å². The molecule has 0 saturated carbocycles. The molecule has 0 aliphatic heterocycles. The Morgan fingerprint density at radius 3 is 2.50 bits per heavy atom. The second kappa shape index (κ2) is 5.90. The van der Waals surface area contributed by atoms with Gasteiger partial charge >= 0.3 is 0 Å². The highest BCUT2D eigenvalue weighted by atomic mass is 16.5. The number of rotatable bonds is 5. The number of ether oxygens (including phenoxy) is 1. The van der Waals surface area contributed by atoms with Crippen LogP contribution in [-0.2, 0) is 6.54 Å². The maximum atomic E-state index is 5.74. The largest absolute Gasteiger partial charge is 0.493 e. The van der Waals surface area contributed by atoms with Crippen molar-refractivity contribution in [3.8, 4) is 5.75 Å². The lowest BCUT2D eigenvalue weighted by atomic mass is 10.0. The summed E-state index contributed by atoms with van der Waals surface area (Å²) in [5.41, 5.74) is 3.79. The van der Waals surface area contributed by atoms with Crippen molar-refractivity contribution in [1.29, 1.82) is 0 Å². The summed E-state index contributed by atoms with van der Waals surface area (Å²) in [6.07, 6.45) is 0. The van der Waals surface area contributed by atoms with Crippen LogP contribution in [0.15, 0.2) is 12.1 Å². The minimum absolute atomic E-state index is 0.496. The highest BCUT2D eigenvalue weighted by Crippen LogP contribution is 2.26. The van der Waals surface area contributed by atoms with E-state index >= 15 is 0 Å². The number of nitrogens with one attached hydrogen (secondary N) is 1. The number of hydrogen-bond acceptors (Lipinski definition) is 2. The molecule has 1 N–H and O–H groups in total. The molecule has 16 heavy (non-hydrogen) atoms. The lowest BCUT2D eigenvalue weighted by Crippen LogP contribution is -2.22. The van der Waals surface area contributed by atoms with Gasteiger partial charge in [0.05, 0.1) is 6.61 Å². The van der Waals surface area contributed by atoms with Crippen LogP contribution in [0.1, 0.15) is 37.5 Å². The SMILES string of the molecule is CCOc1c(CNC(C)C)ccc(C)c1C. The van der Waals surface area contributed by atoms with Gasteiger partial charge in [-0.15, -0.1) is 0 Å². The van der Waals surface area contributed by atoms with E-state index in [4.69, 9.17) is 4.74 Å². The highest BCUT2D eigenvalue weighted by Gasteiger charge is 2.09. The predicted molar refractivity (Wildman–Crippen MR) is 69.1 cm³/mol. The van der Waals surface area contributed by atoms with Gasteiger partial charge in [0.1, 0.15) is 5.75 Å². The molecule has 0 heterocycles. The summed E-state index contributed by atoms with van der Waals surface area (Å²) in [5, 5.41) is 3.43. The Morgan fingerprint density at radius 2 is 1.94 bits per heavy atom. The number of benzene rings is 1. The molecular weight excluding hydrogens is 198 g/mol. The Hall–Kier alpha value is -1.02. The topological polar surface area (TPSA) is 21.3 Å². The van der Waals surface area contributed by atoms with E-state index in [0.717, 1.165) is 18.9 Å². The first-order chi connectivity index (χ1) is 7.56. The molecule has 0 aliphatic rings. The van der Waals surface area contributed by atoms with Gasteiger partial charge in [-0.3, -0.25) is 0 Å². The Bertz CT molecular complexity index is 345. The molecule has 90 valence electrons. The maximum Gasteiger partial charge on any atom is 0.126 e. The molecule has 0 atom stereocenters. The minimum atomic E-state index is 0.496. The van der Waals surface area contributed by atoms with E-state index in [1.165, 1.54) is 16.7 Å². The van der Waals surface area contributed by atoms with Crippen molar-refractivity contribution in [2.75, 3.05) is 6.61 Å². The van der Waals surface area contributed by atoms with Crippen LogP contribution in [0.2, 0.25) is 0 Å². The summed E-state index contributed by atoms with van der Waals surface area (Å²) in [6.45, 7) is 12.2. The fourth-order valence-corrected chi connectivity index (χ4v) is 1.64. The van der Waals surface area contributed by atoms with E-state index in [-0.39, 0.29) is 0 Å². The molecule has 0 radical (unpaired) electrons. The van der Waals surface area contributed by atoms with Crippen LogP contribution in [0.5, 0.6) is 5.75 Å². The molecule has 0 bridgehead atoms. The highest BCUT2D eigenvalue weighted by molar-refractivity contribution is 5.45. The first kappa shape index (κ1) is 13.0. The molecular formula is C14H23NO. The van der Waals surface area contributed by atoms with Crippen LogP contribution in [0, 0.1) is 13.8 Å². The van der Waals surface area contributed by atoms with Crippen molar-refractivity contribution in [2.45, 2.75) is 47.2 Å². The molecule has 0 unspecified atom stereocenters. The predicted octanol–water partition coefficient (Wildman–Crippen LogP) is 3.20. The smallest absolute Gasteiger partial charge is 0.126 e. The summed E-state index contributed by atoms with van der Waals surface area (Å²) in [5.74, 6) is 1.05. The molecule has 0 spiro atoms. The maximum absolute atomic E-state index is 5.74. The average molecular weight is 221 g/mol. The minimum Gasteiger partial charge on any atom is -0.493 e. The van der Waals surface area contributed by atoms with Gasteiger partial charge in [0.2, 0.25) is 0 Å². The van der Waals surface area contributed by atoms with Gasteiger partial charge in [0.25, 0.3) is 0 Å². The summed E-state index contributed by atoms with van der Waals surface area (Å²) < 4.78 is 5.74. The van der Waals surface area contributed by atoms with Crippen molar-refractivity contribution < 1.29 is 4.74 Å². The Kier molecular flexibility index (Phi) is 4.81. The quantitative estimate of drug-likeness (QED) is 0.824. The van der Waals surface area contributed by atoms with Crippen LogP contribution >= 0.6 is 0 Å². The normalized spacial score (nSPS) is 10.9. The lowest BCUT2D eigenvalue weighted by Gasteiger charge is -2.16. The van der Waals surface area contributed by atoms with Crippen molar-refractivity contribution >= 4 is 0 Å². The zero-order valence-electron chi connectivity index (χ0n) is 11.1. The third-order valence-corrected chi connectivity index (χ3v) is 2.75. The first-order valence-electron chi connectivity index (χ1n) is 6.01. The standard InChI is InChI=1S/C14H23NO/c1-6-16-14-12(5)11(4)7-8-13(14)9-15-10(2)3/h7-8,10,15H,6,9H2,1-5H3. The molecule has 2 heteroatoms. The zero-order chi connectivity index (χ0) is 12.1. The third-order valence-electron chi connectivity index (χ3n) is 2.75. The molecule has 0 fully saturated rings. The molecule has 1 aromatic rings. The average Bonchev–Trinajstić information content (AvgIpc) is 2.24. The molecule has 0 aliphatic carbocycles. The summed E-state index contributed by atoms with van der Waals surface area (Å²) in [4.78, 5) is 0. The monoisotopic (exact) mass is 221 g/mol. The van der Waals surface area contributed by atoms with Gasteiger partial charge in [-0.2, -0.15) is 0 Å². The molecule has 1 rings (SSSR count). The van der Waals surface area contributed by atoms with Crippen molar-refractivity contribution in [3.05, 3.63) is 28.8 Å². The fraction of sp³-hybridized carbons (Fsp3) is 0.571. The van der Waals surface area contributed by atoms with Crippen LogP contribution in [0.4, 0.5) is 0 Å². The molecule has 0 amide bonds. The number of hydrogen-bond donors (Lipinski definition) is 1. The van der Waals surface area contributed by atoms with Crippen LogP contribution in [0.25, 0.3) is 0 Å². The molecule has 2 nitrogen and oxygen atoms in total. The molecule has 0 saturated heterocycles. The summed E-state index contributed by atoms with van der Waals surface area (Å²) >= 11 is 0. The fourth-order valence-electron chi connectivity index (χ4n) is 1.64. The Labute approximate surface area is 99.0 Å². The van der Waals surface area contributed by atoms with Gasteiger partial charge in [0, 0.05) is 18.2 Å². The second-order valence-electron chi connectivity index (χ2n) is 4.46. The van der Waals surface area contributed by atoms with E-state index in [1.54, 1.807) is 0 Å². The van der Waals surface area contributed by atoms with E-state index < -0.39 is 0 Å². The molecule has 0 aromatic heterocycles. The number of aryl methyl sites for hydroxylation is 1.